The number of esters is 1. The summed E-state index contributed by atoms with van der Waals surface area (Å²) in [4.78, 5) is 10.9. The third kappa shape index (κ3) is 3.86. The molecule has 4 heteroatoms. The van der Waals surface area contributed by atoms with E-state index in [0.29, 0.717) is 12.5 Å². The maximum absolute atomic E-state index is 10.9. The van der Waals surface area contributed by atoms with E-state index in [9.17, 15) is 4.79 Å². The van der Waals surface area contributed by atoms with Gasteiger partial charge in [0, 0.05) is 0 Å². The topological polar surface area (TPSA) is 26.3 Å². The summed E-state index contributed by atoms with van der Waals surface area (Å²) in [6.07, 6.45) is 1.83. The third-order valence-corrected chi connectivity index (χ3v) is 1.86. The average Bonchev–Trinajstić information content (AvgIpc) is 1.82. The fraction of sp³-hybridized carbons (Fsp3) is 0.750. The summed E-state index contributed by atoms with van der Waals surface area (Å²) in [5.74, 6) is 0.597. The molecule has 0 heterocycles. The molecule has 66 valence electrons. The van der Waals surface area contributed by atoms with Crippen molar-refractivity contribution in [2.75, 3.05) is 6.61 Å². The van der Waals surface area contributed by atoms with Gasteiger partial charge in [-0.2, -0.15) is 5.92 Å². The third-order valence-electron chi connectivity index (χ3n) is 1.86. The number of hydrogen-bond donors (Lipinski definition) is 0. The molecule has 0 aromatic carbocycles. The second kappa shape index (κ2) is 6.85. The molecule has 0 aromatic heterocycles. The van der Waals surface area contributed by atoms with Gasteiger partial charge in [-0.05, 0) is 6.92 Å². The molecule has 1 saturated carbocycles. The van der Waals surface area contributed by atoms with Crippen LogP contribution in [-0.4, -0.2) is 12.6 Å². The first kappa shape index (κ1) is 14.9. The van der Waals surface area contributed by atoms with Crippen molar-refractivity contribution in [3.63, 3.8) is 0 Å². The van der Waals surface area contributed by atoms with Gasteiger partial charge in [0.1, 0.15) is 0 Å². The van der Waals surface area contributed by atoms with Crippen molar-refractivity contribution in [3.05, 3.63) is 6.92 Å². The molecule has 0 bridgehead atoms. The second-order valence-corrected chi connectivity index (χ2v) is 2.79. The number of carbonyl (C=O) groups excluding carboxylic acids is 1. The Morgan fingerprint density at radius 1 is 1.58 bits per heavy atom. The molecule has 0 amide bonds. The summed E-state index contributed by atoms with van der Waals surface area (Å²) in [5, 5.41) is 0. The summed E-state index contributed by atoms with van der Waals surface area (Å²) in [6.45, 7) is 6.16. The van der Waals surface area contributed by atoms with Gasteiger partial charge in [0.15, 0.2) is 0 Å². The summed E-state index contributed by atoms with van der Waals surface area (Å²) in [7, 11) is 0. The zero-order valence-electron chi connectivity index (χ0n) is 7.38. The van der Waals surface area contributed by atoms with Gasteiger partial charge in [-0.1, -0.05) is 12.8 Å². The SMILES string of the molecule is [CH2-]C1CC(C(=O)OCC)C1.[Cl-].[Zn+2]. The number of carbonyl (C=O) groups is 1. The number of hydrogen-bond acceptors (Lipinski definition) is 2. The number of rotatable bonds is 2. The van der Waals surface area contributed by atoms with E-state index in [-0.39, 0.29) is 43.8 Å². The Bertz CT molecular complexity index is 135. The Labute approximate surface area is 92.6 Å². The van der Waals surface area contributed by atoms with E-state index in [1.165, 1.54) is 0 Å². The van der Waals surface area contributed by atoms with Gasteiger partial charge in [0.2, 0.25) is 0 Å². The molecule has 1 fully saturated rings. The van der Waals surface area contributed by atoms with Crippen LogP contribution in [0.15, 0.2) is 0 Å². The molecule has 0 aliphatic heterocycles. The van der Waals surface area contributed by atoms with Crippen LogP contribution in [0, 0.1) is 18.8 Å². The number of halogens is 1. The van der Waals surface area contributed by atoms with Gasteiger partial charge in [-0.15, -0.1) is 0 Å². The van der Waals surface area contributed by atoms with E-state index >= 15 is 0 Å². The van der Waals surface area contributed by atoms with E-state index < -0.39 is 0 Å². The second-order valence-electron chi connectivity index (χ2n) is 2.79. The molecule has 12 heavy (non-hydrogen) atoms. The first-order valence-corrected chi connectivity index (χ1v) is 3.73. The Balaban J connectivity index is 0. The molecule has 2 nitrogen and oxygen atoms in total. The molecule has 1 rings (SSSR count). The molecule has 1 aliphatic carbocycles. The van der Waals surface area contributed by atoms with Crippen molar-refractivity contribution in [2.45, 2.75) is 19.8 Å². The fourth-order valence-electron chi connectivity index (χ4n) is 1.19. The van der Waals surface area contributed by atoms with Crippen LogP contribution in [0.5, 0.6) is 0 Å². The maximum atomic E-state index is 10.9. The molecule has 0 spiro atoms. The van der Waals surface area contributed by atoms with Crippen molar-refractivity contribution in [1.82, 2.24) is 0 Å². The minimum atomic E-state index is -0.0394. The van der Waals surface area contributed by atoms with Crippen LogP contribution >= 0.6 is 0 Å². The van der Waals surface area contributed by atoms with E-state index in [2.05, 4.69) is 6.92 Å². The van der Waals surface area contributed by atoms with Gasteiger partial charge in [-0.3, -0.25) is 4.79 Å². The molecular formula is C8H13ClO2Zn. The summed E-state index contributed by atoms with van der Waals surface area (Å²) < 4.78 is 4.83. The van der Waals surface area contributed by atoms with E-state index in [1.54, 1.807) is 0 Å². The Kier molecular flexibility index (Phi) is 8.50. The monoisotopic (exact) mass is 240 g/mol. The van der Waals surface area contributed by atoms with Gasteiger partial charge in [-0.25, -0.2) is 0 Å². The first-order chi connectivity index (χ1) is 4.74. The van der Waals surface area contributed by atoms with E-state index in [4.69, 9.17) is 4.74 Å². The quantitative estimate of drug-likeness (QED) is 0.331. The zero-order chi connectivity index (χ0) is 7.56. The molecule has 0 radical (unpaired) electrons. The van der Waals surface area contributed by atoms with Crippen LogP contribution < -0.4 is 12.4 Å². The minimum absolute atomic E-state index is 0. The summed E-state index contributed by atoms with van der Waals surface area (Å²) >= 11 is 0. The summed E-state index contributed by atoms with van der Waals surface area (Å²) in [5.41, 5.74) is 0. The fourth-order valence-corrected chi connectivity index (χ4v) is 1.19. The average molecular weight is 242 g/mol. The Hall–Kier alpha value is 0.383. The Morgan fingerprint density at radius 2 is 2.08 bits per heavy atom. The molecule has 0 saturated heterocycles. The van der Waals surface area contributed by atoms with Crippen LogP contribution in [0.1, 0.15) is 19.8 Å². The van der Waals surface area contributed by atoms with Crippen molar-refractivity contribution in [2.24, 2.45) is 11.8 Å². The van der Waals surface area contributed by atoms with Crippen LogP contribution in [-0.2, 0) is 29.0 Å². The Morgan fingerprint density at radius 3 is 2.42 bits per heavy atom. The molecule has 1 aliphatic rings. The smallest absolute Gasteiger partial charge is 1.00 e. The van der Waals surface area contributed by atoms with Crippen LogP contribution in [0.4, 0.5) is 0 Å². The molecular weight excluding hydrogens is 229 g/mol. The molecule has 0 atom stereocenters. The van der Waals surface area contributed by atoms with E-state index in [1.807, 2.05) is 6.92 Å². The van der Waals surface area contributed by atoms with Crippen molar-refractivity contribution < 1.29 is 41.4 Å². The first-order valence-electron chi connectivity index (χ1n) is 3.73. The van der Waals surface area contributed by atoms with Crippen molar-refractivity contribution in [3.8, 4) is 0 Å². The standard InChI is InChI=1S/C8H13O2.ClH.Zn/c1-3-10-8(9)7-4-6(2)5-7;;/h6-7H,2-5H2,1H3;1H;/q-1;;+2/p-1. The van der Waals surface area contributed by atoms with E-state index in [0.717, 1.165) is 12.8 Å². The van der Waals surface area contributed by atoms with Gasteiger partial charge in [0.25, 0.3) is 0 Å². The molecule has 0 unspecified atom stereocenters. The summed E-state index contributed by atoms with van der Waals surface area (Å²) in [6, 6.07) is 0. The van der Waals surface area contributed by atoms with Gasteiger partial charge in [0.05, 0.1) is 12.5 Å². The van der Waals surface area contributed by atoms with Gasteiger partial charge < -0.3 is 24.1 Å². The maximum Gasteiger partial charge on any atom is 2.00 e. The predicted molar refractivity (Wildman–Crippen MR) is 38.2 cm³/mol. The van der Waals surface area contributed by atoms with Gasteiger partial charge >= 0.3 is 25.4 Å². The normalized spacial score (nSPS) is 25.8. The van der Waals surface area contributed by atoms with Crippen LogP contribution in [0.2, 0.25) is 0 Å². The largest absolute Gasteiger partial charge is 2.00 e. The van der Waals surface area contributed by atoms with Crippen LogP contribution in [0.3, 0.4) is 0 Å². The molecule has 0 N–H and O–H groups in total. The zero-order valence-corrected chi connectivity index (χ0v) is 11.1. The van der Waals surface area contributed by atoms with Crippen molar-refractivity contribution in [1.29, 1.82) is 0 Å². The molecule has 0 aromatic rings. The predicted octanol–water partition coefficient (Wildman–Crippen LogP) is -1.59. The number of ether oxygens (including phenoxy) is 1. The minimum Gasteiger partial charge on any atom is -1.00 e. The van der Waals surface area contributed by atoms with Crippen molar-refractivity contribution >= 4 is 5.97 Å². The van der Waals surface area contributed by atoms with Crippen LogP contribution in [0.25, 0.3) is 0 Å².